The maximum absolute atomic E-state index is 2.69. The number of likely N-dealkylation sites (tertiary alicyclic amines) is 1. The van der Waals surface area contributed by atoms with E-state index < -0.39 is 0 Å². The lowest BCUT2D eigenvalue weighted by molar-refractivity contribution is 0.116. The monoisotopic (exact) mass is 297 g/mol. The molecule has 1 aliphatic carbocycles. The Morgan fingerprint density at radius 1 is 1.14 bits per heavy atom. The molecule has 0 unspecified atom stereocenters. The molecule has 1 fully saturated rings. The van der Waals surface area contributed by atoms with Crippen molar-refractivity contribution in [1.29, 1.82) is 0 Å². The minimum atomic E-state index is 0.531. The molecule has 0 spiro atoms. The average Bonchev–Trinajstić information content (AvgIpc) is 2.51. The van der Waals surface area contributed by atoms with Crippen molar-refractivity contribution in [2.24, 2.45) is 5.41 Å². The van der Waals surface area contributed by atoms with Gasteiger partial charge in [-0.3, -0.25) is 0 Å². The molecule has 0 N–H and O–H groups in total. The topological polar surface area (TPSA) is 3.24 Å². The van der Waals surface area contributed by atoms with Crippen molar-refractivity contribution in [3.63, 3.8) is 0 Å². The zero-order valence-electron chi connectivity index (χ0n) is 14.4. The van der Waals surface area contributed by atoms with Gasteiger partial charge in [0.2, 0.25) is 0 Å². The predicted octanol–water partition coefficient (Wildman–Crippen LogP) is 5.31. The van der Waals surface area contributed by atoms with E-state index in [1.54, 1.807) is 11.1 Å². The molecule has 0 radical (unpaired) electrons. The lowest BCUT2D eigenvalue weighted by atomic mass is 9.84. The van der Waals surface area contributed by atoms with Crippen LogP contribution in [0.15, 0.2) is 30.3 Å². The van der Waals surface area contributed by atoms with E-state index >= 15 is 0 Å². The molecule has 1 aromatic carbocycles. The Morgan fingerprint density at radius 3 is 2.86 bits per heavy atom. The van der Waals surface area contributed by atoms with Crippen LogP contribution in [0, 0.1) is 5.41 Å². The van der Waals surface area contributed by atoms with Gasteiger partial charge in [-0.2, -0.15) is 0 Å². The van der Waals surface area contributed by atoms with Crippen LogP contribution >= 0.6 is 0 Å². The summed E-state index contributed by atoms with van der Waals surface area (Å²) in [5.74, 6) is 0. The second-order valence-corrected chi connectivity index (χ2v) is 7.93. The summed E-state index contributed by atoms with van der Waals surface area (Å²) in [6.45, 7) is 8.73. The summed E-state index contributed by atoms with van der Waals surface area (Å²) in [6.07, 6.45) is 11.6. The molecule has 1 saturated heterocycles. The number of benzene rings is 1. The van der Waals surface area contributed by atoms with Crippen molar-refractivity contribution in [3.05, 3.63) is 41.5 Å². The number of rotatable bonds is 5. The van der Waals surface area contributed by atoms with Crippen LogP contribution < -0.4 is 0 Å². The van der Waals surface area contributed by atoms with Crippen LogP contribution in [0.1, 0.15) is 63.5 Å². The van der Waals surface area contributed by atoms with E-state index in [1.165, 1.54) is 70.1 Å². The molecule has 120 valence electrons. The van der Waals surface area contributed by atoms with Gasteiger partial charge in [-0.05, 0) is 80.2 Å². The second kappa shape index (κ2) is 7.00. The molecule has 1 aliphatic heterocycles. The third-order valence-electron chi connectivity index (χ3n) is 5.32. The lowest BCUT2D eigenvalue weighted by Gasteiger charge is -2.38. The fourth-order valence-electron chi connectivity index (χ4n) is 4.19. The first kappa shape index (κ1) is 15.8. The molecule has 0 aromatic heterocycles. The van der Waals surface area contributed by atoms with Crippen molar-refractivity contribution in [1.82, 2.24) is 4.90 Å². The van der Waals surface area contributed by atoms with Crippen molar-refractivity contribution in [2.45, 2.75) is 58.8 Å². The normalized spacial score (nSPS) is 21.3. The molecule has 1 nitrogen and oxygen atoms in total. The zero-order valence-corrected chi connectivity index (χ0v) is 14.4. The van der Waals surface area contributed by atoms with Gasteiger partial charge in [0.05, 0.1) is 0 Å². The van der Waals surface area contributed by atoms with E-state index in [0.717, 1.165) is 0 Å². The van der Waals surface area contributed by atoms with Crippen molar-refractivity contribution < 1.29 is 0 Å². The molecule has 0 bridgehead atoms. The van der Waals surface area contributed by atoms with E-state index in [0.29, 0.717) is 5.41 Å². The first-order chi connectivity index (χ1) is 10.6. The molecular weight excluding hydrogens is 266 g/mol. The summed E-state index contributed by atoms with van der Waals surface area (Å²) in [4.78, 5) is 2.69. The predicted molar refractivity (Wildman–Crippen MR) is 96.0 cm³/mol. The highest BCUT2D eigenvalue weighted by atomic mass is 15.1. The highest BCUT2D eigenvalue weighted by Gasteiger charge is 2.25. The minimum absolute atomic E-state index is 0.531. The van der Waals surface area contributed by atoms with Crippen LogP contribution in [0.2, 0.25) is 0 Å². The van der Waals surface area contributed by atoms with Crippen molar-refractivity contribution in [2.75, 3.05) is 19.6 Å². The van der Waals surface area contributed by atoms with Crippen LogP contribution in [-0.4, -0.2) is 24.5 Å². The Kier molecular flexibility index (Phi) is 5.03. The van der Waals surface area contributed by atoms with Gasteiger partial charge in [0.15, 0.2) is 0 Å². The molecule has 22 heavy (non-hydrogen) atoms. The highest BCUT2D eigenvalue weighted by Crippen LogP contribution is 2.31. The van der Waals surface area contributed by atoms with Gasteiger partial charge >= 0.3 is 0 Å². The van der Waals surface area contributed by atoms with Crippen molar-refractivity contribution in [3.8, 4) is 0 Å². The quantitative estimate of drug-likeness (QED) is 0.666. The number of aryl methyl sites for hydroxylation is 1. The molecule has 3 rings (SSSR count). The van der Waals surface area contributed by atoms with E-state index in [-0.39, 0.29) is 0 Å². The van der Waals surface area contributed by atoms with Crippen LogP contribution in [0.5, 0.6) is 0 Å². The van der Waals surface area contributed by atoms with Crippen LogP contribution in [0.3, 0.4) is 0 Å². The summed E-state index contributed by atoms with van der Waals surface area (Å²) in [5, 5.41) is 0. The number of piperidine rings is 1. The van der Waals surface area contributed by atoms with Crippen molar-refractivity contribution >= 4 is 5.57 Å². The Labute approximate surface area is 136 Å². The van der Waals surface area contributed by atoms with Crippen LogP contribution in [0.25, 0.3) is 5.57 Å². The lowest BCUT2D eigenvalue weighted by Crippen LogP contribution is -2.40. The molecule has 0 saturated carbocycles. The number of fused-ring (bicyclic) bond motifs is 1. The third-order valence-corrected chi connectivity index (χ3v) is 5.32. The number of hydrogen-bond donors (Lipinski definition) is 0. The summed E-state index contributed by atoms with van der Waals surface area (Å²) >= 11 is 0. The summed E-state index contributed by atoms with van der Waals surface area (Å²) in [6, 6.07) is 8.99. The maximum Gasteiger partial charge on any atom is 0.00327 e. The molecule has 1 aromatic rings. The first-order valence-corrected chi connectivity index (χ1v) is 9.14. The fourth-order valence-corrected chi connectivity index (χ4v) is 4.19. The Bertz CT molecular complexity index is 526. The standard InChI is InChI=1S/C21H31N/c1-21(2)14-8-16-22(17-21)15-6-5-10-19-12-7-11-18-9-3-4-13-20(18)19/h3-4,9,12-13H,5-8,10-11,14-17H2,1-2H3. The number of unbranched alkanes of at least 4 members (excludes halogenated alkanes) is 1. The largest absolute Gasteiger partial charge is 0.303 e. The van der Waals surface area contributed by atoms with Crippen LogP contribution in [0.4, 0.5) is 0 Å². The summed E-state index contributed by atoms with van der Waals surface area (Å²) in [5.41, 5.74) is 5.20. The minimum Gasteiger partial charge on any atom is -0.303 e. The summed E-state index contributed by atoms with van der Waals surface area (Å²) in [7, 11) is 0. The second-order valence-electron chi connectivity index (χ2n) is 7.93. The molecule has 2 aliphatic rings. The van der Waals surface area contributed by atoms with Gasteiger partial charge in [0.25, 0.3) is 0 Å². The SMILES string of the molecule is CC1(C)CCCN(CCCCC2=CCCc3ccccc32)C1. The fraction of sp³-hybridized carbons (Fsp3) is 0.619. The van der Waals surface area contributed by atoms with Crippen LogP contribution in [-0.2, 0) is 6.42 Å². The molecule has 0 amide bonds. The molecular formula is C21H31N. The van der Waals surface area contributed by atoms with E-state index in [1.807, 2.05) is 0 Å². The van der Waals surface area contributed by atoms with Gasteiger partial charge in [-0.1, -0.05) is 44.2 Å². The van der Waals surface area contributed by atoms with Gasteiger partial charge < -0.3 is 4.90 Å². The summed E-state index contributed by atoms with van der Waals surface area (Å²) < 4.78 is 0. The Hall–Kier alpha value is -1.08. The highest BCUT2D eigenvalue weighted by molar-refractivity contribution is 5.69. The third kappa shape index (κ3) is 4.01. The maximum atomic E-state index is 2.69. The van der Waals surface area contributed by atoms with Gasteiger partial charge in [-0.25, -0.2) is 0 Å². The average molecular weight is 297 g/mol. The molecule has 0 atom stereocenters. The smallest absolute Gasteiger partial charge is 0.00327 e. The number of hydrogen-bond acceptors (Lipinski definition) is 1. The number of nitrogens with zero attached hydrogens (tertiary/aromatic N) is 1. The van der Waals surface area contributed by atoms with Gasteiger partial charge in [-0.15, -0.1) is 0 Å². The Balaban J connectivity index is 1.45. The van der Waals surface area contributed by atoms with E-state index in [2.05, 4.69) is 49.1 Å². The number of allylic oxidation sites excluding steroid dienone is 2. The zero-order chi connectivity index (χ0) is 15.4. The van der Waals surface area contributed by atoms with Gasteiger partial charge in [0, 0.05) is 6.54 Å². The van der Waals surface area contributed by atoms with Gasteiger partial charge in [0.1, 0.15) is 0 Å². The molecule has 1 heterocycles. The van der Waals surface area contributed by atoms with E-state index in [9.17, 15) is 0 Å². The van der Waals surface area contributed by atoms with E-state index in [4.69, 9.17) is 0 Å². The first-order valence-electron chi connectivity index (χ1n) is 9.14. The molecule has 1 heteroatoms. The Morgan fingerprint density at radius 2 is 2.00 bits per heavy atom.